The number of aromatic nitrogens is 3. The first-order chi connectivity index (χ1) is 12.9. The largest absolute Gasteiger partial charge is 0.354 e. The van der Waals surface area contributed by atoms with Gasteiger partial charge < -0.3 is 9.80 Å². The Balaban J connectivity index is 1.14. The molecule has 2 saturated heterocycles. The summed E-state index contributed by atoms with van der Waals surface area (Å²) in [5.74, 6) is 3.88. The molecule has 0 amide bonds. The molecular weight excluding hydrogens is 324 g/mol. The molecule has 6 nitrogen and oxygen atoms in total. The van der Waals surface area contributed by atoms with Gasteiger partial charge in [-0.05, 0) is 31.0 Å². The molecule has 5 rings (SSSR count). The van der Waals surface area contributed by atoms with E-state index >= 15 is 0 Å². The summed E-state index contributed by atoms with van der Waals surface area (Å²) in [6.07, 6.45) is 7.66. The maximum Gasteiger partial charge on any atom is 0.133 e. The summed E-state index contributed by atoms with van der Waals surface area (Å²) in [5.41, 5.74) is 0. The van der Waals surface area contributed by atoms with E-state index in [2.05, 4.69) is 42.9 Å². The second-order valence-electron chi connectivity index (χ2n) is 7.67. The van der Waals surface area contributed by atoms with Crippen molar-refractivity contribution < 1.29 is 0 Å². The van der Waals surface area contributed by atoms with Crippen molar-refractivity contribution in [3.63, 3.8) is 0 Å². The molecule has 0 bridgehead atoms. The van der Waals surface area contributed by atoms with Crippen LogP contribution in [0.15, 0.2) is 36.7 Å². The van der Waals surface area contributed by atoms with Gasteiger partial charge in [0.2, 0.25) is 0 Å². The molecule has 2 aromatic rings. The van der Waals surface area contributed by atoms with Gasteiger partial charge in [-0.3, -0.25) is 4.90 Å². The second-order valence-corrected chi connectivity index (χ2v) is 7.67. The van der Waals surface area contributed by atoms with Gasteiger partial charge in [0, 0.05) is 63.6 Å². The molecule has 0 spiro atoms. The Morgan fingerprint density at radius 3 is 2.35 bits per heavy atom. The first-order valence-corrected chi connectivity index (χ1v) is 9.85. The molecule has 3 fully saturated rings. The van der Waals surface area contributed by atoms with Crippen molar-refractivity contribution in [2.24, 2.45) is 0 Å². The fraction of sp³-hybridized carbons (Fsp3) is 0.550. The molecule has 6 heteroatoms. The summed E-state index contributed by atoms with van der Waals surface area (Å²) >= 11 is 0. The fourth-order valence-electron chi connectivity index (χ4n) is 4.13. The first-order valence-electron chi connectivity index (χ1n) is 9.85. The summed E-state index contributed by atoms with van der Waals surface area (Å²) in [6, 6.07) is 8.88. The van der Waals surface area contributed by atoms with Gasteiger partial charge >= 0.3 is 0 Å². The maximum atomic E-state index is 4.83. The highest BCUT2D eigenvalue weighted by Gasteiger charge is 2.34. The highest BCUT2D eigenvalue weighted by Crippen LogP contribution is 2.35. The minimum Gasteiger partial charge on any atom is -0.354 e. The monoisotopic (exact) mass is 350 g/mol. The van der Waals surface area contributed by atoms with Crippen LogP contribution in [-0.4, -0.2) is 65.2 Å². The maximum absolute atomic E-state index is 4.83. The zero-order chi connectivity index (χ0) is 17.3. The lowest BCUT2D eigenvalue weighted by Crippen LogP contribution is -2.63. The molecule has 136 valence electrons. The number of rotatable bonds is 4. The van der Waals surface area contributed by atoms with Gasteiger partial charge in [0.05, 0.1) is 0 Å². The van der Waals surface area contributed by atoms with Crippen LogP contribution < -0.4 is 9.80 Å². The number of hydrogen-bond acceptors (Lipinski definition) is 6. The molecule has 26 heavy (non-hydrogen) atoms. The number of nitrogens with zero attached hydrogens (tertiary/aromatic N) is 6. The summed E-state index contributed by atoms with van der Waals surface area (Å²) in [6.45, 7) is 6.54. The van der Waals surface area contributed by atoms with Crippen LogP contribution in [-0.2, 0) is 0 Å². The van der Waals surface area contributed by atoms with E-state index in [1.54, 1.807) is 0 Å². The Kier molecular flexibility index (Phi) is 4.21. The average molecular weight is 350 g/mol. The molecule has 0 atom stereocenters. The Labute approximate surface area is 154 Å². The van der Waals surface area contributed by atoms with Crippen LogP contribution in [0.3, 0.4) is 0 Å². The lowest BCUT2D eigenvalue weighted by molar-refractivity contribution is 0.156. The van der Waals surface area contributed by atoms with Gasteiger partial charge in [0.25, 0.3) is 0 Å². The summed E-state index contributed by atoms with van der Waals surface area (Å²) in [7, 11) is 0. The third-order valence-corrected chi connectivity index (χ3v) is 6.12. The molecule has 1 aliphatic carbocycles. The molecule has 0 N–H and O–H groups in total. The Bertz CT molecular complexity index is 733. The summed E-state index contributed by atoms with van der Waals surface area (Å²) in [4.78, 5) is 21.2. The van der Waals surface area contributed by atoms with E-state index in [-0.39, 0.29) is 0 Å². The molecule has 4 heterocycles. The Morgan fingerprint density at radius 2 is 1.65 bits per heavy atom. The third kappa shape index (κ3) is 3.03. The van der Waals surface area contributed by atoms with Gasteiger partial charge in [-0.15, -0.1) is 0 Å². The normalized spacial score (nSPS) is 22.2. The number of pyridine rings is 1. The molecule has 0 radical (unpaired) electrons. The van der Waals surface area contributed by atoms with E-state index in [9.17, 15) is 0 Å². The highest BCUT2D eigenvalue weighted by molar-refractivity contribution is 5.43. The predicted molar refractivity (Wildman–Crippen MR) is 103 cm³/mol. The molecule has 2 aromatic heterocycles. The van der Waals surface area contributed by atoms with Gasteiger partial charge in [-0.2, -0.15) is 0 Å². The van der Waals surface area contributed by atoms with E-state index in [1.807, 2.05) is 18.5 Å². The zero-order valence-corrected chi connectivity index (χ0v) is 15.2. The van der Waals surface area contributed by atoms with Gasteiger partial charge in [0.15, 0.2) is 0 Å². The van der Waals surface area contributed by atoms with Crippen molar-refractivity contribution in [1.82, 2.24) is 19.9 Å². The van der Waals surface area contributed by atoms with Crippen molar-refractivity contribution in [1.29, 1.82) is 0 Å². The number of anilines is 2. The lowest BCUT2D eigenvalue weighted by Gasteiger charge is -2.48. The molecular formula is C20H26N6. The SMILES string of the molecule is c1ccc(N2CCN(C3CN(c4ccnc(C5CCC5)n4)C3)CC2)nc1. The van der Waals surface area contributed by atoms with E-state index < -0.39 is 0 Å². The Morgan fingerprint density at radius 1 is 0.808 bits per heavy atom. The van der Waals surface area contributed by atoms with Crippen LogP contribution in [0.25, 0.3) is 0 Å². The van der Waals surface area contributed by atoms with Crippen LogP contribution in [0.1, 0.15) is 31.0 Å². The average Bonchev–Trinajstić information content (AvgIpc) is 2.61. The fourth-order valence-corrected chi connectivity index (χ4v) is 4.13. The zero-order valence-electron chi connectivity index (χ0n) is 15.2. The first kappa shape index (κ1) is 16.0. The molecule has 1 saturated carbocycles. The number of piperazine rings is 1. The molecule has 0 aromatic carbocycles. The topological polar surface area (TPSA) is 48.4 Å². The lowest BCUT2D eigenvalue weighted by atomic mass is 9.85. The summed E-state index contributed by atoms with van der Waals surface area (Å²) < 4.78 is 0. The van der Waals surface area contributed by atoms with Crippen LogP contribution in [0.4, 0.5) is 11.6 Å². The van der Waals surface area contributed by atoms with Crippen molar-refractivity contribution >= 4 is 11.6 Å². The van der Waals surface area contributed by atoms with Gasteiger partial charge in [-0.25, -0.2) is 15.0 Å². The minimum absolute atomic E-state index is 0.603. The third-order valence-electron chi connectivity index (χ3n) is 6.12. The molecule has 2 aliphatic heterocycles. The Hall–Kier alpha value is -2.21. The van der Waals surface area contributed by atoms with Crippen molar-refractivity contribution in [3.8, 4) is 0 Å². The molecule has 0 unspecified atom stereocenters. The van der Waals surface area contributed by atoms with Crippen LogP contribution in [0.5, 0.6) is 0 Å². The van der Waals surface area contributed by atoms with Gasteiger partial charge in [-0.1, -0.05) is 12.5 Å². The van der Waals surface area contributed by atoms with Crippen molar-refractivity contribution in [2.75, 3.05) is 49.1 Å². The van der Waals surface area contributed by atoms with E-state index in [0.29, 0.717) is 12.0 Å². The van der Waals surface area contributed by atoms with Crippen molar-refractivity contribution in [2.45, 2.75) is 31.2 Å². The standard InChI is InChI=1S/C20H26N6/c1-2-8-21-18(6-1)25-12-10-24(11-13-25)17-14-26(15-17)19-7-9-22-20(23-19)16-4-3-5-16/h1-2,6-9,16-17H,3-5,10-15H2. The minimum atomic E-state index is 0.603. The van der Waals surface area contributed by atoms with E-state index in [0.717, 1.165) is 56.7 Å². The quantitative estimate of drug-likeness (QED) is 0.842. The van der Waals surface area contributed by atoms with Crippen LogP contribution >= 0.6 is 0 Å². The van der Waals surface area contributed by atoms with E-state index in [1.165, 1.54) is 19.3 Å². The van der Waals surface area contributed by atoms with Crippen LogP contribution in [0.2, 0.25) is 0 Å². The molecule has 3 aliphatic rings. The van der Waals surface area contributed by atoms with Gasteiger partial charge in [0.1, 0.15) is 17.5 Å². The van der Waals surface area contributed by atoms with Crippen molar-refractivity contribution in [3.05, 3.63) is 42.5 Å². The second kappa shape index (κ2) is 6.83. The summed E-state index contributed by atoms with van der Waals surface area (Å²) in [5, 5.41) is 0. The van der Waals surface area contributed by atoms with Crippen LogP contribution in [0, 0.1) is 0 Å². The predicted octanol–water partition coefficient (Wildman–Crippen LogP) is 2.15. The smallest absolute Gasteiger partial charge is 0.133 e. The highest BCUT2D eigenvalue weighted by atomic mass is 15.4. The number of hydrogen-bond donors (Lipinski definition) is 0. The van der Waals surface area contributed by atoms with E-state index in [4.69, 9.17) is 4.98 Å².